The van der Waals surface area contributed by atoms with E-state index in [2.05, 4.69) is 26.0 Å². The highest BCUT2D eigenvalue weighted by atomic mass is 31.2. The van der Waals surface area contributed by atoms with Crippen LogP contribution >= 0.6 is 7.82 Å². The van der Waals surface area contributed by atoms with E-state index in [-0.39, 0.29) is 50.1 Å². The Kier molecular flexibility index (Phi) is 31.1. The number of carbonyl (C=O) groups excluding carboxylic acids is 3. The van der Waals surface area contributed by atoms with E-state index in [1.807, 2.05) is 33.3 Å². The summed E-state index contributed by atoms with van der Waals surface area (Å²) in [5.41, 5.74) is 0. The van der Waals surface area contributed by atoms with Crippen LogP contribution in [0.1, 0.15) is 162 Å². The number of ether oxygens (including phenoxy) is 2. The molecule has 1 aliphatic carbocycles. The molecule has 1 aliphatic rings. The van der Waals surface area contributed by atoms with Crippen molar-refractivity contribution in [1.82, 2.24) is 0 Å². The lowest BCUT2D eigenvalue weighted by Gasteiger charge is -2.24. The van der Waals surface area contributed by atoms with Crippen molar-refractivity contribution in [3.63, 3.8) is 0 Å². The summed E-state index contributed by atoms with van der Waals surface area (Å²) in [5.74, 6) is -1.71. The molecule has 0 saturated heterocycles. The van der Waals surface area contributed by atoms with Gasteiger partial charge in [-0.3, -0.25) is 23.4 Å². The first-order chi connectivity index (χ1) is 28.2. The van der Waals surface area contributed by atoms with Gasteiger partial charge in [0, 0.05) is 31.1 Å². The van der Waals surface area contributed by atoms with Crippen LogP contribution in [0.3, 0.4) is 0 Å². The molecule has 1 rings (SSSR count). The zero-order valence-corrected chi connectivity index (χ0v) is 38.3. The van der Waals surface area contributed by atoms with Gasteiger partial charge in [-0.05, 0) is 57.8 Å². The van der Waals surface area contributed by atoms with Crippen molar-refractivity contribution in [3.8, 4) is 0 Å². The molecular weight excluding hydrogens is 773 g/mol. The molecule has 342 valence electrons. The Morgan fingerprint density at radius 1 is 0.780 bits per heavy atom. The van der Waals surface area contributed by atoms with E-state index in [9.17, 15) is 34.1 Å². The van der Waals surface area contributed by atoms with E-state index < -0.39 is 44.7 Å². The maximum atomic E-state index is 12.7. The van der Waals surface area contributed by atoms with Crippen LogP contribution in [0, 0.1) is 11.8 Å². The Bertz CT molecular complexity index is 1260. The third-order valence-corrected chi connectivity index (χ3v) is 11.5. The average Bonchev–Trinajstić information content (AvgIpc) is 3.44. The number of aliphatic hydroxyl groups is 2. The normalized spacial score (nSPS) is 19.5. The van der Waals surface area contributed by atoms with Gasteiger partial charge in [0.05, 0.1) is 40.0 Å². The third-order valence-electron chi connectivity index (χ3n) is 10.5. The van der Waals surface area contributed by atoms with Crippen molar-refractivity contribution in [2.75, 3.05) is 47.5 Å². The topological polar surface area (TPSA) is 166 Å². The number of quaternary nitrogens is 1. The summed E-state index contributed by atoms with van der Waals surface area (Å²) < 4.78 is 34.2. The Morgan fingerprint density at radius 2 is 1.36 bits per heavy atom. The number of phosphoric ester groups is 1. The smallest absolute Gasteiger partial charge is 0.462 e. The number of allylic oxidation sites excluding steroid dienone is 4. The largest absolute Gasteiger partial charge is 0.472 e. The monoisotopic (exact) mass is 857 g/mol. The van der Waals surface area contributed by atoms with E-state index in [1.165, 1.54) is 51.4 Å². The molecule has 0 amide bonds. The molecule has 0 aliphatic heterocycles. The van der Waals surface area contributed by atoms with Crippen LogP contribution < -0.4 is 0 Å². The Hall–Kier alpha value is -2.18. The Morgan fingerprint density at radius 3 is 2.02 bits per heavy atom. The van der Waals surface area contributed by atoms with Gasteiger partial charge in [-0.1, -0.05) is 121 Å². The number of carbonyl (C=O) groups is 3. The fourth-order valence-electron chi connectivity index (χ4n) is 6.81. The number of Topliss-reactive ketones (excluding diaryl/α,β-unsaturated/α-hetero) is 1. The number of hydrogen-bond donors (Lipinski definition) is 3. The fraction of sp³-hybridized carbons (Fsp3) is 0.804. The molecule has 59 heavy (non-hydrogen) atoms. The van der Waals surface area contributed by atoms with Crippen LogP contribution in [0.4, 0.5) is 0 Å². The van der Waals surface area contributed by atoms with Crippen molar-refractivity contribution in [2.45, 2.75) is 180 Å². The molecule has 0 aromatic carbocycles. The van der Waals surface area contributed by atoms with Crippen LogP contribution in [-0.4, -0.2) is 103 Å². The number of unbranched alkanes of at least 4 members (excludes halogenated alkanes) is 14. The predicted octanol–water partition coefficient (Wildman–Crippen LogP) is 9.50. The molecule has 0 aromatic rings. The van der Waals surface area contributed by atoms with Crippen molar-refractivity contribution in [3.05, 3.63) is 36.5 Å². The van der Waals surface area contributed by atoms with E-state index in [4.69, 9.17) is 18.5 Å². The van der Waals surface area contributed by atoms with Crippen molar-refractivity contribution in [1.29, 1.82) is 0 Å². The summed E-state index contributed by atoms with van der Waals surface area (Å²) in [5, 5.41) is 20.7. The minimum Gasteiger partial charge on any atom is -0.462 e. The van der Waals surface area contributed by atoms with E-state index in [0.29, 0.717) is 43.1 Å². The number of nitrogens with zero attached hydrogens (tertiary/aromatic N) is 1. The quantitative estimate of drug-likeness (QED) is 0.0179. The van der Waals surface area contributed by atoms with Gasteiger partial charge in [0.1, 0.15) is 25.5 Å². The first-order valence-corrected chi connectivity index (χ1v) is 24.3. The summed E-state index contributed by atoms with van der Waals surface area (Å²) in [6, 6.07) is 0. The lowest BCUT2D eigenvalue weighted by atomic mass is 9.90. The molecule has 0 bridgehead atoms. The van der Waals surface area contributed by atoms with Crippen LogP contribution in [0.15, 0.2) is 36.5 Å². The summed E-state index contributed by atoms with van der Waals surface area (Å²) in [6.45, 7) is 3.99. The summed E-state index contributed by atoms with van der Waals surface area (Å²) in [4.78, 5) is 48.1. The number of aliphatic hydroxyl groups excluding tert-OH is 2. The summed E-state index contributed by atoms with van der Waals surface area (Å²) in [6.07, 6.45) is 29.8. The lowest BCUT2D eigenvalue weighted by Crippen LogP contribution is -2.37. The molecule has 13 heteroatoms. The van der Waals surface area contributed by atoms with E-state index in [0.717, 1.165) is 44.9 Å². The van der Waals surface area contributed by atoms with Crippen molar-refractivity contribution in [2.24, 2.45) is 11.8 Å². The van der Waals surface area contributed by atoms with E-state index in [1.54, 1.807) is 12.2 Å². The highest BCUT2D eigenvalue weighted by Crippen LogP contribution is 2.43. The second kappa shape index (κ2) is 33.4. The zero-order valence-electron chi connectivity index (χ0n) is 37.4. The van der Waals surface area contributed by atoms with Crippen LogP contribution in [0.5, 0.6) is 0 Å². The number of esters is 2. The maximum Gasteiger partial charge on any atom is 0.472 e. The molecule has 0 radical (unpaired) electrons. The van der Waals surface area contributed by atoms with Crippen molar-refractivity contribution < 1.29 is 57.1 Å². The molecule has 1 saturated carbocycles. The minimum absolute atomic E-state index is 0.00127. The van der Waals surface area contributed by atoms with Gasteiger partial charge < -0.3 is 29.1 Å². The van der Waals surface area contributed by atoms with Gasteiger partial charge in [0.15, 0.2) is 6.10 Å². The van der Waals surface area contributed by atoms with Gasteiger partial charge in [0.25, 0.3) is 0 Å². The van der Waals surface area contributed by atoms with Gasteiger partial charge in [-0.2, -0.15) is 0 Å². The highest BCUT2D eigenvalue weighted by molar-refractivity contribution is 7.47. The Balaban J connectivity index is 2.50. The molecule has 3 N–H and O–H groups in total. The summed E-state index contributed by atoms with van der Waals surface area (Å²) in [7, 11) is 1.32. The molecule has 6 atom stereocenters. The predicted molar refractivity (Wildman–Crippen MR) is 234 cm³/mol. The number of hydrogen-bond acceptors (Lipinski definition) is 10. The van der Waals surface area contributed by atoms with Crippen LogP contribution in [0.25, 0.3) is 0 Å². The van der Waals surface area contributed by atoms with Gasteiger partial charge >= 0.3 is 19.8 Å². The number of ketones is 1. The fourth-order valence-corrected chi connectivity index (χ4v) is 7.55. The first-order valence-electron chi connectivity index (χ1n) is 22.8. The van der Waals surface area contributed by atoms with E-state index >= 15 is 0 Å². The lowest BCUT2D eigenvalue weighted by molar-refractivity contribution is -0.870. The van der Waals surface area contributed by atoms with Gasteiger partial charge in [-0.25, -0.2) is 4.57 Å². The Labute approximate surface area is 357 Å². The molecule has 0 heterocycles. The molecule has 1 fully saturated rings. The highest BCUT2D eigenvalue weighted by Gasteiger charge is 2.39. The van der Waals surface area contributed by atoms with Crippen LogP contribution in [-0.2, 0) is 37.5 Å². The molecule has 12 nitrogen and oxygen atoms in total. The third kappa shape index (κ3) is 30.5. The van der Waals surface area contributed by atoms with Crippen LogP contribution in [0.2, 0.25) is 0 Å². The molecule has 1 unspecified atom stereocenters. The first kappa shape index (κ1) is 54.8. The number of likely N-dealkylation sites (N-methyl/N-ethyl adjacent to an activating group) is 1. The minimum atomic E-state index is -4.44. The van der Waals surface area contributed by atoms with Gasteiger partial charge in [-0.15, -0.1) is 0 Å². The maximum absolute atomic E-state index is 12.7. The standard InChI is InChI=1S/C46H82NO11P/c1-6-8-10-11-12-13-14-15-16-17-18-19-20-21-27-31-46(52)58-40(38-57-59(53,54)56-35-34-47(3,4)5)37-55-45(51)30-26-23-22-25-29-41-42(44(50)36-43(41)49)33-32-39(48)28-24-9-7-2/h13-14,22,25,32-33,39-42,44,48,50H,6-12,15-21,23-24,26-31,34-38H2,1-5H3/p+1/b14-13-,25-22-,33-32+/t39-,40+,41+,42+,44+/m0/s1. The van der Waals surface area contributed by atoms with Crippen molar-refractivity contribution >= 4 is 25.5 Å². The van der Waals surface area contributed by atoms with Gasteiger partial charge in [0.2, 0.25) is 0 Å². The molecule has 0 spiro atoms. The summed E-state index contributed by atoms with van der Waals surface area (Å²) >= 11 is 0. The average molecular weight is 857 g/mol. The number of phosphoric acid groups is 1. The second-order valence-electron chi connectivity index (χ2n) is 17.2. The molecule has 0 aromatic heterocycles. The number of rotatable bonds is 37. The molecular formula is C46H83NO11P+. The SMILES string of the molecule is CCCCCC/C=C\CCCCCCCCCC(=O)O[C@H](COC(=O)CCC/C=C\C[C@H]1C(=O)C[C@@H](O)[C@@H]1/C=C/[C@@H](O)CCCCC)COP(=O)(O)OCC[N+](C)(C)C. The zero-order chi connectivity index (χ0) is 43.8. The second-order valence-corrected chi connectivity index (χ2v) is 18.7.